The van der Waals surface area contributed by atoms with Crippen LogP contribution >= 0.6 is 0 Å². The number of rotatable bonds is 8. The molecule has 0 bridgehead atoms. The van der Waals surface area contributed by atoms with E-state index in [1.165, 1.54) is 18.0 Å². The lowest BCUT2D eigenvalue weighted by molar-refractivity contribution is -0.141. The third-order valence-corrected chi connectivity index (χ3v) is 4.89. The van der Waals surface area contributed by atoms with Crippen molar-refractivity contribution in [3.63, 3.8) is 0 Å². The molecule has 2 amide bonds. The van der Waals surface area contributed by atoms with Gasteiger partial charge < -0.3 is 15.4 Å². The van der Waals surface area contributed by atoms with Crippen LogP contribution < -0.4 is 16.2 Å². The number of para-hydroxylation sites is 1. The van der Waals surface area contributed by atoms with E-state index in [9.17, 15) is 19.2 Å². The van der Waals surface area contributed by atoms with Crippen molar-refractivity contribution in [1.82, 2.24) is 14.9 Å². The molecule has 0 aliphatic rings. The number of esters is 1. The summed E-state index contributed by atoms with van der Waals surface area (Å²) in [5.74, 6) is -1.07. The van der Waals surface area contributed by atoms with Crippen LogP contribution in [0.5, 0.6) is 0 Å². The highest BCUT2D eigenvalue weighted by atomic mass is 16.5. The molecular weight excluding hydrogens is 412 g/mol. The van der Waals surface area contributed by atoms with Gasteiger partial charge in [0.05, 0.1) is 30.8 Å². The van der Waals surface area contributed by atoms with E-state index in [1.807, 2.05) is 19.1 Å². The van der Waals surface area contributed by atoms with Gasteiger partial charge in [0.25, 0.3) is 5.56 Å². The first kappa shape index (κ1) is 22.7. The van der Waals surface area contributed by atoms with Crippen LogP contribution in [0.2, 0.25) is 0 Å². The zero-order valence-electron chi connectivity index (χ0n) is 17.9. The van der Waals surface area contributed by atoms with Crippen molar-refractivity contribution < 1.29 is 19.1 Å². The SMILES string of the molecule is COC(=O)CNC(=O)Cc1ccc(NC(=O)CCn2cnc3c(C)cccc3c2=O)cc1. The second kappa shape index (κ2) is 10.3. The molecule has 0 atom stereocenters. The van der Waals surface area contributed by atoms with E-state index in [-0.39, 0.29) is 43.3 Å². The van der Waals surface area contributed by atoms with E-state index in [0.717, 1.165) is 11.1 Å². The summed E-state index contributed by atoms with van der Waals surface area (Å²) >= 11 is 0. The van der Waals surface area contributed by atoms with Crippen molar-refractivity contribution in [1.29, 1.82) is 0 Å². The Hall–Kier alpha value is -4.01. The summed E-state index contributed by atoms with van der Waals surface area (Å²) in [5.41, 5.74) is 2.72. The summed E-state index contributed by atoms with van der Waals surface area (Å²) in [6, 6.07) is 12.2. The minimum Gasteiger partial charge on any atom is -0.468 e. The number of benzene rings is 2. The molecule has 2 N–H and O–H groups in total. The van der Waals surface area contributed by atoms with Gasteiger partial charge in [0.2, 0.25) is 11.8 Å². The largest absolute Gasteiger partial charge is 0.468 e. The minimum absolute atomic E-state index is 0.0998. The smallest absolute Gasteiger partial charge is 0.325 e. The predicted octanol–water partition coefficient (Wildman–Crippen LogP) is 1.57. The number of ether oxygens (including phenoxy) is 1. The lowest BCUT2D eigenvalue weighted by Crippen LogP contribution is -2.31. The van der Waals surface area contributed by atoms with E-state index in [0.29, 0.717) is 16.6 Å². The van der Waals surface area contributed by atoms with Crippen molar-refractivity contribution >= 4 is 34.4 Å². The third kappa shape index (κ3) is 5.78. The van der Waals surface area contributed by atoms with Gasteiger partial charge >= 0.3 is 5.97 Å². The Bertz CT molecular complexity index is 1200. The molecular formula is C23H24N4O5. The number of carbonyl (C=O) groups is 3. The first-order valence-electron chi connectivity index (χ1n) is 10.0. The zero-order chi connectivity index (χ0) is 23.1. The number of aromatic nitrogens is 2. The fourth-order valence-corrected chi connectivity index (χ4v) is 3.14. The summed E-state index contributed by atoms with van der Waals surface area (Å²) in [6.45, 7) is 1.92. The van der Waals surface area contributed by atoms with Crippen LogP contribution in [-0.2, 0) is 32.1 Å². The van der Waals surface area contributed by atoms with Crippen molar-refractivity contribution in [2.75, 3.05) is 19.0 Å². The molecule has 32 heavy (non-hydrogen) atoms. The monoisotopic (exact) mass is 436 g/mol. The Morgan fingerprint density at radius 1 is 1.06 bits per heavy atom. The highest BCUT2D eigenvalue weighted by Crippen LogP contribution is 2.12. The number of methoxy groups -OCH3 is 1. The number of fused-ring (bicyclic) bond motifs is 1. The van der Waals surface area contributed by atoms with Crippen LogP contribution in [-0.4, -0.2) is 41.0 Å². The minimum atomic E-state index is -0.520. The number of hydrogen-bond acceptors (Lipinski definition) is 6. The van der Waals surface area contributed by atoms with Gasteiger partial charge in [-0.05, 0) is 36.2 Å². The summed E-state index contributed by atoms with van der Waals surface area (Å²) in [4.78, 5) is 52.1. The Labute approximate surface area is 184 Å². The van der Waals surface area contributed by atoms with E-state index in [1.54, 1.807) is 30.3 Å². The highest BCUT2D eigenvalue weighted by Gasteiger charge is 2.09. The third-order valence-electron chi connectivity index (χ3n) is 4.89. The fraction of sp³-hybridized carbons (Fsp3) is 0.261. The first-order chi connectivity index (χ1) is 15.4. The lowest BCUT2D eigenvalue weighted by Gasteiger charge is -2.09. The molecule has 3 aromatic rings. The van der Waals surface area contributed by atoms with Gasteiger partial charge in [0.1, 0.15) is 6.54 Å². The molecule has 3 rings (SSSR count). The topological polar surface area (TPSA) is 119 Å². The molecule has 0 aliphatic heterocycles. The van der Waals surface area contributed by atoms with E-state index < -0.39 is 5.97 Å². The van der Waals surface area contributed by atoms with Crippen LogP contribution in [0.1, 0.15) is 17.5 Å². The van der Waals surface area contributed by atoms with Crippen LogP contribution in [0.25, 0.3) is 10.9 Å². The Morgan fingerprint density at radius 3 is 2.53 bits per heavy atom. The van der Waals surface area contributed by atoms with Gasteiger partial charge in [-0.3, -0.25) is 23.7 Å². The second-order valence-electron chi connectivity index (χ2n) is 7.24. The summed E-state index contributed by atoms with van der Waals surface area (Å²) < 4.78 is 5.89. The van der Waals surface area contributed by atoms with Crippen molar-refractivity contribution in [2.24, 2.45) is 0 Å². The summed E-state index contributed by atoms with van der Waals surface area (Å²) in [5, 5.41) is 5.76. The molecule has 0 fully saturated rings. The molecule has 0 aliphatic carbocycles. The Morgan fingerprint density at radius 2 is 1.81 bits per heavy atom. The number of carbonyl (C=O) groups excluding carboxylic acids is 3. The van der Waals surface area contributed by atoms with Crippen LogP contribution in [0, 0.1) is 6.92 Å². The normalized spacial score (nSPS) is 10.6. The molecule has 9 heteroatoms. The molecule has 1 aromatic heterocycles. The molecule has 0 unspecified atom stereocenters. The number of nitrogens with one attached hydrogen (secondary N) is 2. The van der Waals surface area contributed by atoms with Gasteiger partial charge in [-0.25, -0.2) is 4.98 Å². The Balaban J connectivity index is 1.53. The van der Waals surface area contributed by atoms with Crippen molar-refractivity contribution in [2.45, 2.75) is 26.3 Å². The number of amides is 2. The van der Waals surface area contributed by atoms with Crippen LogP contribution in [0.15, 0.2) is 53.6 Å². The van der Waals surface area contributed by atoms with Gasteiger partial charge in [-0.15, -0.1) is 0 Å². The summed E-state index contributed by atoms with van der Waals surface area (Å²) in [7, 11) is 1.25. The van der Waals surface area contributed by atoms with Gasteiger partial charge in [0, 0.05) is 18.7 Å². The second-order valence-corrected chi connectivity index (χ2v) is 7.24. The maximum Gasteiger partial charge on any atom is 0.325 e. The molecule has 0 saturated heterocycles. The van der Waals surface area contributed by atoms with Gasteiger partial charge in [-0.1, -0.05) is 24.3 Å². The fourth-order valence-electron chi connectivity index (χ4n) is 3.14. The molecule has 0 radical (unpaired) electrons. The van der Waals surface area contributed by atoms with Crippen LogP contribution in [0.3, 0.4) is 0 Å². The molecule has 166 valence electrons. The zero-order valence-corrected chi connectivity index (χ0v) is 17.9. The lowest BCUT2D eigenvalue weighted by atomic mass is 10.1. The van der Waals surface area contributed by atoms with E-state index >= 15 is 0 Å². The molecule has 2 aromatic carbocycles. The van der Waals surface area contributed by atoms with E-state index in [2.05, 4.69) is 20.4 Å². The average molecular weight is 436 g/mol. The maximum absolute atomic E-state index is 12.6. The maximum atomic E-state index is 12.6. The standard InChI is InChI=1S/C23H24N4O5/c1-15-4-3-5-18-22(15)25-14-27(23(18)31)11-10-19(28)26-17-8-6-16(7-9-17)12-20(29)24-13-21(30)32-2/h3-9,14H,10-13H2,1-2H3,(H,24,29)(H,26,28). The van der Waals surface area contributed by atoms with E-state index in [4.69, 9.17) is 0 Å². The quantitative estimate of drug-likeness (QED) is 0.517. The highest BCUT2D eigenvalue weighted by molar-refractivity contribution is 5.90. The molecule has 1 heterocycles. The van der Waals surface area contributed by atoms with Crippen molar-refractivity contribution in [3.8, 4) is 0 Å². The van der Waals surface area contributed by atoms with Crippen molar-refractivity contribution in [3.05, 3.63) is 70.3 Å². The number of nitrogens with zero attached hydrogens (tertiary/aromatic N) is 2. The van der Waals surface area contributed by atoms with Crippen LogP contribution in [0.4, 0.5) is 5.69 Å². The average Bonchev–Trinajstić information content (AvgIpc) is 2.79. The number of hydrogen-bond donors (Lipinski definition) is 2. The molecule has 0 saturated carbocycles. The van der Waals surface area contributed by atoms with Gasteiger partial charge in [0.15, 0.2) is 0 Å². The Kier molecular flexibility index (Phi) is 7.33. The number of aryl methyl sites for hydroxylation is 2. The first-order valence-corrected chi connectivity index (χ1v) is 10.0. The predicted molar refractivity (Wildman–Crippen MR) is 119 cm³/mol. The summed E-state index contributed by atoms with van der Waals surface area (Å²) in [6.07, 6.45) is 1.67. The number of anilines is 1. The molecule has 0 spiro atoms. The molecule has 9 nitrogen and oxygen atoms in total. The van der Waals surface area contributed by atoms with Gasteiger partial charge in [-0.2, -0.15) is 0 Å².